The van der Waals surface area contributed by atoms with Crippen molar-refractivity contribution in [2.75, 3.05) is 6.54 Å². The molecule has 90 valence electrons. The summed E-state index contributed by atoms with van der Waals surface area (Å²) in [5, 5.41) is 18.3. The predicted molar refractivity (Wildman–Crippen MR) is 57.5 cm³/mol. The predicted octanol–water partition coefficient (Wildman–Crippen LogP) is 0.428. The van der Waals surface area contributed by atoms with Crippen LogP contribution in [0.1, 0.15) is 22.1 Å². The summed E-state index contributed by atoms with van der Waals surface area (Å²) in [6.45, 7) is 1.19. The zero-order chi connectivity index (χ0) is 12.1. The van der Waals surface area contributed by atoms with Gasteiger partial charge in [-0.3, -0.25) is 5.10 Å². The van der Waals surface area contributed by atoms with Crippen LogP contribution in [0, 0.1) is 0 Å². The van der Waals surface area contributed by atoms with Crippen LogP contribution in [-0.2, 0) is 13.0 Å². The van der Waals surface area contributed by atoms with Gasteiger partial charge in [0.25, 0.3) is 0 Å². The van der Waals surface area contributed by atoms with E-state index in [9.17, 15) is 4.79 Å². The van der Waals surface area contributed by atoms with Gasteiger partial charge in [-0.2, -0.15) is 5.10 Å². The van der Waals surface area contributed by atoms with Gasteiger partial charge in [0.2, 0.25) is 5.76 Å². The molecule has 0 spiro atoms. The van der Waals surface area contributed by atoms with E-state index in [1.165, 1.54) is 12.4 Å². The van der Waals surface area contributed by atoms with Crippen molar-refractivity contribution in [1.29, 1.82) is 0 Å². The molecule has 2 rings (SSSR count). The van der Waals surface area contributed by atoms with Crippen LogP contribution < -0.4 is 5.32 Å². The molecule has 17 heavy (non-hydrogen) atoms. The maximum atomic E-state index is 10.6. The molecule has 0 fully saturated rings. The second kappa shape index (κ2) is 5.26. The Kier molecular flexibility index (Phi) is 3.51. The number of furan rings is 1. The quantitative estimate of drug-likeness (QED) is 0.628. The Morgan fingerprint density at radius 1 is 1.53 bits per heavy atom. The minimum Gasteiger partial charge on any atom is -0.475 e. The highest BCUT2D eigenvalue weighted by Crippen LogP contribution is 2.07. The first kappa shape index (κ1) is 11.3. The van der Waals surface area contributed by atoms with Gasteiger partial charge in [0.1, 0.15) is 17.9 Å². The van der Waals surface area contributed by atoms with E-state index >= 15 is 0 Å². The number of aromatic amines is 1. The van der Waals surface area contributed by atoms with E-state index in [0.717, 1.165) is 12.2 Å². The van der Waals surface area contributed by atoms with Crippen molar-refractivity contribution < 1.29 is 14.3 Å². The first-order chi connectivity index (χ1) is 8.25. The van der Waals surface area contributed by atoms with E-state index in [1.807, 2.05) is 0 Å². The lowest BCUT2D eigenvalue weighted by Crippen LogP contribution is -2.16. The van der Waals surface area contributed by atoms with Gasteiger partial charge in [-0.05, 0) is 12.1 Å². The van der Waals surface area contributed by atoms with E-state index in [-0.39, 0.29) is 5.76 Å². The summed E-state index contributed by atoms with van der Waals surface area (Å²) < 4.78 is 5.08. The van der Waals surface area contributed by atoms with Crippen molar-refractivity contribution in [3.05, 3.63) is 35.8 Å². The molecule has 3 N–H and O–H groups in total. The highest BCUT2D eigenvalue weighted by atomic mass is 16.4. The molecule has 2 aromatic rings. The lowest BCUT2D eigenvalue weighted by molar-refractivity contribution is 0.0660. The number of nitrogens with one attached hydrogen (secondary N) is 2. The zero-order valence-electron chi connectivity index (χ0n) is 9.01. The molecule has 0 unspecified atom stereocenters. The second-order valence-electron chi connectivity index (χ2n) is 3.43. The molecule has 0 amide bonds. The Morgan fingerprint density at radius 3 is 3.06 bits per heavy atom. The SMILES string of the molecule is O=C(O)c1ccc(CNCCc2ncn[nH]2)o1. The monoisotopic (exact) mass is 236 g/mol. The van der Waals surface area contributed by atoms with E-state index in [1.54, 1.807) is 6.07 Å². The molecular weight excluding hydrogens is 224 g/mol. The van der Waals surface area contributed by atoms with Crippen LogP contribution in [0.25, 0.3) is 0 Å². The zero-order valence-corrected chi connectivity index (χ0v) is 9.01. The van der Waals surface area contributed by atoms with Gasteiger partial charge < -0.3 is 14.8 Å². The van der Waals surface area contributed by atoms with Gasteiger partial charge in [-0.15, -0.1) is 0 Å². The third-order valence-electron chi connectivity index (χ3n) is 2.18. The standard InChI is InChI=1S/C10H12N4O3/c15-10(16)8-2-1-7(17-8)5-11-4-3-9-12-6-13-14-9/h1-2,6,11H,3-5H2,(H,15,16)(H,12,13,14). The van der Waals surface area contributed by atoms with E-state index in [0.29, 0.717) is 18.8 Å². The van der Waals surface area contributed by atoms with Crippen LogP contribution in [0.3, 0.4) is 0 Å². The Labute approximate surface area is 96.9 Å². The third kappa shape index (κ3) is 3.15. The number of carbonyl (C=O) groups is 1. The summed E-state index contributed by atoms with van der Waals surface area (Å²) in [7, 11) is 0. The fourth-order valence-electron chi connectivity index (χ4n) is 1.36. The Balaban J connectivity index is 1.72. The van der Waals surface area contributed by atoms with Crippen molar-refractivity contribution in [3.63, 3.8) is 0 Å². The fraction of sp³-hybridized carbons (Fsp3) is 0.300. The van der Waals surface area contributed by atoms with Gasteiger partial charge in [0.05, 0.1) is 6.54 Å². The molecule has 0 saturated carbocycles. The van der Waals surface area contributed by atoms with Crippen molar-refractivity contribution in [2.24, 2.45) is 0 Å². The summed E-state index contributed by atoms with van der Waals surface area (Å²) in [6.07, 6.45) is 2.19. The summed E-state index contributed by atoms with van der Waals surface area (Å²) in [4.78, 5) is 14.5. The summed E-state index contributed by atoms with van der Waals surface area (Å²) in [5.41, 5.74) is 0. The molecule has 7 heteroatoms. The van der Waals surface area contributed by atoms with Crippen molar-refractivity contribution in [3.8, 4) is 0 Å². The molecule has 0 radical (unpaired) electrons. The van der Waals surface area contributed by atoms with E-state index in [2.05, 4.69) is 20.5 Å². The largest absolute Gasteiger partial charge is 0.475 e. The minimum atomic E-state index is -1.06. The average molecular weight is 236 g/mol. The van der Waals surface area contributed by atoms with Gasteiger partial charge in [-0.1, -0.05) is 0 Å². The number of carboxylic acids is 1. The molecule has 0 aliphatic heterocycles. The molecule has 2 heterocycles. The van der Waals surface area contributed by atoms with Crippen LogP contribution in [0.15, 0.2) is 22.9 Å². The molecular formula is C10H12N4O3. The summed E-state index contributed by atoms with van der Waals surface area (Å²) in [6, 6.07) is 3.08. The van der Waals surface area contributed by atoms with Crippen molar-refractivity contribution >= 4 is 5.97 Å². The maximum Gasteiger partial charge on any atom is 0.371 e. The second-order valence-corrected chi connectivity index (χ2v) is 3.43. The Morgan fingerprint density at radius 2 is 2.41 bits per heavy atom. The molecule has 0 aliphatic carbocycles. The molecule has 0 aliphatic rings. The molecule has 0 aromatic carbocycles. The van der Waals surface area contributed by atoms with Crippen LogP contribution >= 0.6 is 0 Å². The number of nitrogens with zero attached hydrogens (tertiary/aromatic N) is 2. The normalized spacial score (nSPS) is 10.6. The topological polar surface area (TPSA) is 104 Å². The number of H-pyrrole nitrogens is 1. The summed E-state index contributed by atoms with van der Waals surface area (Å²) >= 11 is 0. The number of hydrogen-bond acceptors (Lipinski definition) is 5. The lowest BCUT2D eigenvalue weighted by Gasteiger charge is -2.00. The minimum absolute atomic E-state index is 0.0444. The highest BCUT2D eigenvalue weighted by molar-refractivity contribution is 5.84. The van der Waals surface area contributed by atoms with Crippen LogP contribution in [-0.4, -0.2) is 32.8 Å². The highest BCUT2D eigenvalue weighted by Gasteiger charge is 2.08. The van der Waals surface area contributed by atoms with Crippen molar-refractivity contribution in [1.82, 2.24) is 20.5 Å². The number of aromatic carboxylic acids is 1. The first-order valence-electron chi connectivity index (χ1n) is 5.12. The molecule has 0 atom stereocenters. The average Bonchev–Trinajstić information content (AvgIpc) is 2.96. The van der Waals surface area contributed by atoms with Gasteiger partial charge in [0, 0.05) is 13.0 Å². The Hall–Kier alpha value is -2.15. The smallest absolute Gasteiger partial charge is 0.371 e. The van der Waals surface area contributed by atoms with Crippen molar-refractivity contribution in [2.45, 2.75) is 13.0 Å². The molecule has 7 nitrogen and oxygen atoms in total. The fourth-order valence-corrected chi connectivity index (χ4v) is 1.36. The van der Waals surface area contributed by atoms with Gasteiger partial charge in [0.15, 0.2) is 0 Å². The molecule has 2 aromatic heterocycles. The Bertz CT molecular complexity index is 477. The molecule has 0 saturated heterocycles. The van der Waals surface area contributed by atoms with E-state index < -0.39 is 5.97 Å². The maximum absolute atomic E-state index is 10.6. The van der Waals surface area contributed by atoms with Crippen LogP contribution in [0.2, 0.25) is 0 Å². The van der Waals surface area contributed by atoms with Gasteiger partial charge in [-0.25, -0.2) is 9.78 Å². The number of rotatable bonds is 6. The molecule has 0 bridgehead atoms. The summed E-state index contributed by atoms with van der Waals surface area (Å²) in [5.74, 6) is 0.304. The van der Waals surface area contributed by atoms with Crippen LogP contribution in [0.4, 0.5) is 0 Å². The number of hydrogen-bond donors (Lipinski definition) is 3. The lowest BCUT2D eigenvalue weighted by atomic mass is 10.4. The first-order valence-corrected chi connectivity index (χ1v) is 5.12. The van der Waals surface area contributed by atoms with Crippen LogP contribution in [0.5, 0.6) is 0 Å². The number of aromatic nitrogens is 3. The van der Waals surface area contributed by atoms with E-state index in [4.69, 9.17) is 9.52 Å². The third-order valence-corrected chi connectivity index (χ3v) is 2.18. The van der Waals surface area contributed by atoms with Gasteiger partial charge >= 0.3 is 5.97 Å². The number of carboxylic acid groups (broad SMARTS) is 1.